The molecule has 0 spiro atoms. The van der Waals surface area contributed by atoms with E-state index in [-0.39, 0.29) is 0 Å². The molecule has 0 amide bonds. The van der Waals surface area contributed by atoms with Gasteiger partial charge in [0.15, 0.2) is 0 Å². The number of thioether (sulfide) groups is 1. The number of fused-ring (bicyclic) bond motifs is 9. The Morgan fingerprint density at radius 3 is 2.18 bits per heavy atom. The lowest BCUT2D eigenvalue weighted by molar-refractivity contribution is 0.667. The van der Waals surface area contributed by atoms with Gasteiger partial charge in [-0.15, -0.1) is 11.8 Å². The van der Waals surface area contributed by atoms with Crippen molar-refractivity contribution in [3.8, 4) is 5.69 Å². The average Bonchev–Trinajstić information content (AvgIpc) is 3.65. The van der Waals surface area contributed by atoms with Gasteiger partial charge in [-0.2, -0.15) is 0 Å². The summed E-state index contributed by atoms with van der Waals surface area (Å²) in [5, 5.41) is 5.38. The molecule has 1 atom stereocenters. The lowest BCUT2D eigenvalue weighted by Crippen LogP contribution is -2.05. The summed E-state index contributed by atoms with van der Waals surface area (Å²) < 4.78 is 8.78. The summed E-state index contributed by atoms with van der Waals surface area (Å²) in [5.74, 6) is 0. The summed E-state index contributed by atoms with van der Waals surface area (Å²) in [4.78, 5) is 1.36. The normalized spacial score (nSPS) is 16.6. The zero-order valence-electron chi connectivity index (χ0n) is 21.1. The van der Waals surface area contributed by atoms with E-state index in [0.29, 0.717) is 5.25 Å². The lowest BCUT2D eigenvalue weighted by Gasteiger charge is -2.19. The third kappa shape index (κ3) is 3.05. The van der Waals surface area contributed by atoms with E-state index < -0.39 is 0 Å². The average molecular weight is 518 g/mol. The summed E-state index contributed by atoms with van der Waals surface area (Å²) in [5.41, 5.74) is 11.0. The van der Waals surface area contributed by atoms with Crippen LogP contribution >= 0.6 is 11.8 Å². The maximum atomic E-state index is 6.37. The fourth-order valence-electron chi connectivity index (χ4n) is 6.58. The van der Waals surface area contributed by atoms with E-state index in [9.17, 15) is 0 Å². The molecule has 9 rings (SSSR count). The van der Waals surface area contributed by atoms with Crippen LogP contribution in [0.25, 0.3) is 60.6 Å². The largest absolute Gasteiger partial charge is 0.455 e. The third-order valence-electron chi connectivity index (χ3n) is 8.35. The molecule has 0 N–H and O–H groups in total. The van der Waals surface area contributed by atoms with Crippen LogP contribution in [0, 0.1) is 0 Å². The number of hydrogen-bond donors (Lipinski definition) is 0. The van der Waals surface area contributed by atoms with E-state index in [4.69, 9.17) is 4.42 Å². The molecule has 2 nitrogen and oxygen atoms in total. The van der Waals surface area contributed by atoms with Crippen LogP contribution in [-0.2, 0) is 0 Å². The van der Waals surface area contributed by atoms with Crippen molar-refractivity contribution in [2.24, 2.45) is 0 Å². The van der Waals surface area contributed by atoms with E-state index in [1.807, 2.05) is 17.8 Å². The second-order valence-electron chi connectivity index (χ2n) is 10.5. The Morgan fingerprint density at radius 1 is 0.641 bits per heavy atom. The van der Waals surface area contributed by atoms with Crippen molar-refractivity contribution in [3.05, 3.63) is 132 Å². The first-order chi connectivity index (χ1) is 19.3. The standard InChI is InChI=1S/C36H23NOS/c1-4-13-31-25(8-1)26-9-2-5-14-32(26)37(31)23-17-19-29-28-18-16-22(20-34(28)39-35(29)21-23)24-11-7-12-30-27-10-3-6-15-33(27)38-36(24)30/h1-19,21,34H,20H2. The first-order valence-corrected chi connectivity index (χ1v) is 14.3. The Morgan fingerprint density at radius 2 is 1.36 bits per heavy atom. The SMILES string of the molecule is C1=C(c2cccc3c2oc2ccccc23)CC2Sc3cc(-n4c5ccccc5c5ccccc54)ccc3C2=C1. The van der Waals surface area contributed by atoms with Gasteiger partial charge in [0.1, 0.15) is 11.2 Å². The molecule has 39 heavy (non-hydrogen) atoms. The highest BCUT2D eigenvalue weighted by Crippen LogP contribution is 2.51. The number of para-hydroxylation sites is 4. The van der Waals surface area contributed by atoms with Crippen molar-refractivity contribution in [3.63, 3.8) is 0 Å². The zero-order chi connectivity index (χ0) is 25.5. The second-order valence-corrected chi connectivity index (χ2v) is 11.7. The summed E-state index contributed by atoms with van der Waals surface area (Å²) in [7, 11) is 0. The molecule has 7 aromatic rings. The molecule has 0 bridgehead atoms. The molecular formula is C36H23NOS. The monoisotopic (exact) mass is 517 g/mol. The van der Waals surface area contributed by atoms with Gasteiger partial charge in [0.05, 0.1) is 11.0 Å². The molecule has 0 saturated heterocycles. The van der Waals surface area contributed by atoms with E-state index in [0.717, 1.165) is 17.6 Å². The third-order valence-corrected chi connectivity index (χ3v) is 9.65. The van der Waals surface area contributed by atoms with Crippen molar-refractivity contribution >= 4 is 66.7 Å². The predicted octanol–water partition coefficient (Wildman–Crippen LogP) is 10.0. The van der Waals surface area contributed by atoms with E-state index in [1.54, 1.807) is 0 Å². The van der Waals surface area contributed by atoms with Gasteiger partial charge in [-0.3, -0.25) is 0 Å². The Hall–Kier alpha value is -4.47. The number of furan rings is 1. The van der Waals surface area contributed by atoms with Crippen LogP contribution in [0.15, 0.2) is 131 Å². The van der Waals surface area contributed by atoms with Gasteiger partial charge in [0, 0.05) is 42.9 Å². The predicted molar refractivity (Wildman–Crippen MR) is 165 cm³/mol. The van der Waals surface area contributed by atoms with E-state index in [2.05, 4.69) is 120 Å². The van der Waals surface area contributed by atoms with Crippen LogP contribution in [0.2, 0.25) is 0 Å². The number of nitrogens with zero attached hydrogens (tertiary/aromatic N) is 1. The highest BCUT2D eigenvalue weighted by molar-refractivity contribution is 8.00. The molecule has 1 aliphatic heterocycles. The minimum atomic E-state index is 0.410. The topological polar surface area (TPSA) is 18.1 Å². The summed E-state index contributed by atoms with van der Waals surface area (Å²) in [6.45, 7) is 0. The van der Waals surface area contributed by atoms with Gasteiger partial charge in [0.25, 0.3) is 0 Å². The van der Waals surface area contributed by atoms with Crippen LogP contribution in [0.3, 0.4) is 0 Å². The molecule has 184 valence electrons. The van der Waals surface area contributed by atoms with Gasteiger partial charge >= 0.3 is 0 Å². The Kier molecular flexibility index (Phi) is 4.41. The van der Waals surface area contributed by atoms with Gasteiger partial charge in [-0.05, 0) is 53.5 Å². The number of hydrogen-bond acceptors (Lipinski definition) is 2. The molecule has 3 heterocycles. The van der Waals surface area contributed by atoms with Crippen LogP contribution < -0.4 is 0 Å². The smallest absolute Gasteiger partial charge is 0.142 e. The van der Waals surface area contributed by atoms with Gasteiger partial charge in [-0.25, -0.2) is 0 Å². The van der Waals surface area contributed by atoms with Gasteiger partial charge in [0.2, 0.25) is 0 Å². The summed E-state index contributed by atoms with van der Waals surface area (Å²) in [6.07, 6.45) is 5.64. The van der Waals surface area contributed by atoms with E-state index in [1.165, 1.54) is 65.4 Å². The fraction of sp³-hybridized carbons (Fsp3) is 0.0556. The molecule has 0 radical (unpaired) electrons. The second kappa shape index (κ2) is 8.02. The Bertz CT molecular complexity index is 2140. The highest BCUT2D eigenvalue weighted by atomic mass is 32.2. The molecule has 1 aliphatic carbocycles. The molecule has 3 heteroatoms. The maximum absolute atomic E-state index is 6.37. The number of allylic oxidation sites excluding steroid dienone is 3. The van der Waals surface area contributed by atoms with Gasteiger partial charge < -0.3 is 8.98 Å². The van der Waals surface area contributed by atoms with Crippen molar-refractivity contribution in [2.75, 3.05) is 0 Å². The molecule has 0 saturated carbocycles. The first kappa shape index (κ1) is 21.5. The number of rotatable bonds is 2. The molecule has 0 fully saturated rings. The lowest BCUT2D eigenvalue weighted by atomic mass is 9.89. The van der Waals surface area contributed by atoms with E-state index >= 15 is 0 Å². The minimum Gasteiger partial charge on any atom is -0.455 e. The minimum absolute atomic E-state index is 0.410. The van der Waals surface area contributed by atoms with Crippen LogP contribution in [0.1, 0.15) is 17.5 Å². The summed E-state index contributed by atoms with van der Waals surface area (Å²) >= 11 is 2.00. The van der Waals surface area contributed by atoms with Crippen molar-refractivity contribution in [2.45, 2.75) is 16.6 Å². The molecular weight excluding hydrogens is 494 g/mol. The van der Waals surface area contributed by atoms with Gasteiger partial charge in [-0.1, -0.05) is 91.0 Å². The maximum Gasteiger partial charge on any atom is 0.142 e. The summed E-state index contributed by atoms with van der Waals surface area (Å²) in [6, 6.07) is 39.3. The highest BCUT2D eigenvalue weighted by Gasteiger charge is 2.31. The fourth-order valence-corrected chi connectivity index (χ4v) is 7.99. The first-order valence-electron chi connectivity index (χ1n) is 13.4. The Balaban J connectivity index is 1.13. The zero-order valence-corrected chi connectivity index (χ0v) is 21.9. The molecule has 5 aromatic carbocycles. The Labute approximate surface area is 229 Å². The van der Waals surface area contributed by atoms with Crippen molar-refractivity contribution in [1.82, 2.24) is 4.57 Å². The molecule has 1 unspecified atom stereocenters. The molecule has 2 aliphatic rings. The van der Waals surface area contributed by atoms with Crippen LogP contribution in [-0.4, -0.2) is 9.82 Å². The number of benzene rings is 5. The van der Waals surface area contributed by atoms with Crippen molar-refractivity contribution in [1.29, 1.82) is 0 Å². The quantitative estimate of drug-likeness (QED) is 0.227. The molecule has 2 aromatic heterocycles. The van der Waals surface area contributed by atoms with Crippen LogP contribution in [0.4, 0.5) is 0 Å². The van der Waals surface area contributed by atoms with Crippen molar-refractivity contribution < 1.29 is 4.42 Å². The number of aromatic nitrogens is 1. The van der Waals surface area contributed by atoms with Crippen LogP contribution in [0.5, 0.6) is 0 Å².